The van der Waals surface area contributed by atoms with Gasteiger partial charge in [-0.1, -0.05) is 11.6 Å². The first kappa shape index (κ1) is 13.8. The van der Waals surface area contributed by atoms with Crippen LogP contribution in [0.25, 0.3) is 6.08 Å². The maximum atomic E-state index is 11.4. The van der Waals surface area contributed by atoms with Crippen LogP contribution < -0.4 is 14.8 Å². The Labute approximate surface area is 118 Å². The predicted molar refractivity (Wildman–Crippen MR) is 73.7 cm³/mol. The zero-order valence-corrected chi connectivity index (χ0v) is 11.7. The number of halogens is 1. The molecule has 2 amide bonds. The molecule has 0 spiro atoms. The molecule has 1 aliphatic heterocycles. The van der Waals surface area contributed by atoms with Gasteiger partial charge in [0.05, 0.1) is 24.1 Å². The molecule has 1 aromatic rings. The second-order valence-electron chi connectivity index (χ2n) is 3.59. The smallest absolute Gasteiger partial charge is 0.290 e. The van der Waals surface area contributed by atoms with Crippen LogP contribution in [0.2, 0.25) is 5.02 Å². The molecule has 100 valence electrons. The summed E-state index contributed by atoms with van der Waals surface area (Å²) in [7, 11) is 2.98. The highest BCUT2D eigenvalue weighted by atomic mass is 35.5. The van der Waals surface area contributed by atoms with Crippen molar-refractivity contribution in [3.05, 3.63) is 27.6 Å². The molecule has 0 aromatic heterocycles. The van der Waals surface area contributed by atoms with Gasteiger partial charge in [0.25, 0.3) is 11.1 Å². The van der Waals surface area contributed by atoms with Crippen LogP contribution in [-0.2, 0) is 4.79 Å². The number of thioether (sulfide) groups is 1. The lowest BCUT2D eigenvalue weighted by molar-refractivity contribution is -0.115. The molecular weight excluding hydrogens is 290 g/mol. The van der Waals surface area contributed by atoms with Crippen molar-refractivity contribution in [2.75, 3.05) is 14.2 Å². The second kappa shape index (κ2) is 5.54. The topological polar surface area (TPSA) is 64.6 Å². The summed E-state index contributed by atoms with van der Waals surface area (Å²) in [5, 5.41) is 2.16. The van der Waals surface area contributed by atoms with E-state index in [9.17, 15) is 9.59 Å². The molecule has 0 saturated carbocycles. The quantitative estimate of drug-likeness (QED) is 0.869. The summed E-state index contributed by atoms with van der Waals surface area (Å²) in [6.45, 7) is 0. The summed E-state index contributed by atoms with van der Waals surface area (Å²) < 4.78 is 10.3. The zero-order valence-electron chi connectivity index (χ0n) is 10.2. The van der Waals surface area contributed by atoms with Gasteiger partial charge in [-0.2, -0.15) is 0 Å². The Morgan fingerprint density at radius 3 is 2.53 bits per heavy atom. The summed E-state index contributed by atoms with van der Waals surface area (Å²) in [4.78, 5) is 22.8. The van der Waals surface area contributed by atoms with Crippen LogP contribution in [0.1, 0.15) is 5.56 Å². The molecule has 19 heavy (non-hydrogen) atoms. The van der Waals surface area contributed by atoms with Gasteiger partial charge in [-0.15, -0.1) is 0 Å². The molecule has 0 bridgehead atoms. The third-order valence-electron chi connectivity index (χ3n) is 2.40. The minimum atomic E-state index is -0.416. The third-order valence-corrected chi connectivity index (χ3v) is 3.49. The van der Waals surface area contributed by atoms with E-state index in [1.807, 2.05) is 0 Å². The van der Waals surface area contributed by atoms with Crippen LogP contribution >= 0.6 is 23.4 Å². The minimum Gasteiger partial charge on any atom is -0.493 e. The Balaban J connectivity index is 2.42. The van der Waals surface area contributed by atoms with E-state index in [1.165, 1.54) is 14.2 Å². The fourth-order valence-electron chi connectivity index (χ4n) is 1.59. The number of imide groups is 1. The van der Waals surface area contributed by atoms with E-state index in [-0.39, 0.29) is 5.24 Å². The second-order valence-corrected chi connectivity index (χ2v) is 5.01. The van der Waals surface area contributed by atoms with Gasteiger partial charge >= 0.3 is 0 Å². The number of hydrogen-bond acceptors (Lipinski definition) is 5. The van der Waals surface area contributed by atoms with Crippen LogP contribution in [0.3, 0.4) is 0 Å². The molecular formula is C12H10ClNO4S. The highest BCUT2D eigenvalue weighted by Gasteiger charge is 2.25. The Kier molecular flexibility index (Phi) is 4.01. The number of methoxy groups -OCH3 is 2. The summed E-state index contributed by atoms with van der Waals surface area (Å²) >= 11 is 6.90. The third kappa shape index (κ3) is 2.85. The van der Waals surface area contributed by atoms with E-state index in [0.29, 0.717) is 27.0 Å². The van der Waals surface area contributed by atoms with Crippen molar-refractivity contribution < 1.29 is 19.1 Å². The number of hydrogen-bond donors (Lipinski definition) is 1. The van der Waals surface area contributed by atoms with Gasteiger partial charge in [0.1, 0.15) is 0 Å². The standard InChI is InChI=1S/C12H10ClNO4S/c1-17-8-4-6(3-7(13)10(8)18-2)5-9-11(15)14-12(16)19-9/h3-5H,1-2H3,(H,14,15,16). The van der Waals surface area contributed by atoms with Gasteiger partial charge in [-0.25, -0.2) is 0 Å². The predicted octanol–water partition coefficient (Wildman–Crippen LogP) is 2.68. The molecule has 1 N–H and O–H groups in total. The number of rotatable bonds is 3. The lowest BCUT2D eigenvalue weighted by Gasteiger charge is -2.10. The summed E-state index contributed by atoms with van der Waals surface area (Å²) in [6, 6.07) is 3.31. The van der Waals surface area contributed by atoms with Crippen molar-refractivity contribution in [3.63, 3.8) is 0 Å². The molecule has 0 radical (unpaired) electrons. The van der Waals surface area contributed by atoms with Gasteiger partial charge < -0.3 is 9.47 Å². The lowest BCUT2D eigenvalue weighted by Crippen LogP contribution is -2.17. The molecule has 7 heteroatoms. The van der Waals surface area contributed by atoms with Crippen LogP contribution in [0.15, 0.2) is 17.0 Å². The van der Waals surface area contributed by atoms with E-state index < -0.39 is 5.91 Å². The van der Waals surface area contributed by atoms with Crippen molar-refractivity contribution in [2.24, 2.45) is 0 Å². The SMILES string of the molecule is COc1cc(C=C2SC(=O)NC2=O)cc(Cl)c1OC. The van der Waals surface area contributed by atoms with Gasteiger partial charge in [-0.3, -0.25) is 14.9 Å². The number of benzene rings is 1. The van der Waals surface area contributed by atoms with E-state index in [0.717, 1.165) is 11.8 Å². The molecule has 1 aliphatic rings. The number of carbonyl (C=O) groups excluding carboxylic acids is 2. The molecule has 1 heterocycles. The fraction of sp³-hybridized carbons (Fsp3) is 0.167. The lowest BCUT2D eigenvalue weighted by atomic mass is 10.2. The Bertz CT molecular complexity index is 585. The largest absolute Gasteiger partial charge is 0.493 e. The molecule has 0 unspecified atom stereocenters. The van der Waals surface area contributed by atoms with Crippen LogP contribution in [0.4, 0.5) is 4.79 Å². The molecule has 1 fully saturated rings. The average molecular weight is 300 g/mol. The highest BCUT2D eigenvalue weighted by molar-refractivity contribution is 8.18. The van der Waals surface area contributed by atoms with Gasteiger partial charge in [0.15, 0.2) is 11.5 Å². The van der Waals surface area contributed by atoms with Crippen molar-refractivity contribution in [2.45, 2.75) is 0 Å². The molecule has 1 saturated heterocycles. The van der Waals surface area contributed by atoms with Gasteiger partial charge in [0, 0.05) is 0 Å². The van der Waals surface area contributed by atoms with Gasteiger partial charge in [-0.05, 0) is 35.5 Å². The molecule has 1 aromatic carbocycles. The summed E-state index contributed by atoms with van der Waals surface area (Å²) in [6.07, 6.45) is 1.57. The van der Waals surface area contributed by atoms with Crippen LogP contribution in [0, 0.1) is 0 Å². The Morgan fingerprint density at radius 1 is 1.26 bits per heavy atom. The molecule has 0 atom stereocenters. The number of ether oxygens (including phenoxy) is 2. The average Bonchev–Trinajstić information content (AvgIpc) is 2.67. The van der Waals surface area contributed by atoms with Gasteiger partial charge in [0.2, 0.25) is 0 Å². The maximum absolute atomic E-state index is 11.4. The minimum absolute atomic E-state index is 0.313. The first-order valence-electron chi connectivity index (χ1n) is 5.21. The highest BCUT2D eigenvalue weighted by Crippen LogP contribution is 2.37. The monoisotopic (exact) mass is 299 g/mol. The fourth-order valence-corrected chi connectivity index (χ4v) is 2.57. The Hall–Kier alpha value is -1.66. The van der Waals surface area contributed by atoms with Crippen molar-refractivity contribution in [3.8, 4) is 11.5 Å². The summed E-state index contributed by atoms with van der Waals surface area (Å²) in [5.74, 6) is 0.461. The summed E-state index contributed by atoms with van der Waals surface area (Å²) in [5.41, 5.74) is 0.648. The first-order valence-corrected chi connectivity index (χ1v) is 6.41. The van der Waals surface area contributed by atoms with Crippen molar-refractivity contribution >= 4 is 40.6 Å². The van der Waals surface area contributed by atoms with E-state index >= 15 is 0 Å². The van der Waals surface area contributed by atoms with E-state index in [1.54, 1.807) is 18.2 Å². The zero-order chi connectivity index (χ0) is 14.0. The first-order chi connectivity index (χ1) is 9.05. The Morgan fingerprint density at radius 2 is 2.00 bits per heavy atom. The van der Waals surface area contributed by atoms with Crippen molar-refractivity contribution in [1.29, 1.82) is 0 Å². The van der Waals surface area contributed by atoms with Crippen LogP contribution in [-0.4, -0.2) is 25.4 Å². The van der Waals surface area contributed by atoms with E-state index in [4.69, 9.17) is 21.1 Å². The molecule has 0 aliphatic carbocycles. The maximum Gasteiger partial charge on any atom is 0.290 e. The van der Waals surface area contributed by atoms with Crippen LogP contribution in [0.5, 0.6) is 11.5 Å². The molecule has 2 rings (SSSR count). The molecule has 5 nitrogen and oxygen atoms in total. The normalized spacial score (nSPS) is 16.7. The van der Waals surface area contributed by atoms with E-state index in [2.05, 4.69) is 5.32 Å². The number of amides is 2. The number of nitrogens with one attached hydrogen (secondary N) is 1. The number of carbonyl (C=O) groups is 2. The van der Waals surface area contributed by atoms with Crippen molar-refractivity contribution in [1.82, 2.24) is 5.32 Å².